The van der Waals surface area contributed by atoms with E-state index in [1.807, 2.05) is 6.92 Å². The van der Waals surface area contributed by atoms with E-state index in [2.05, 4.69) is 39.8 Å². The molecule has 116 valence electrons. The van der Waals surface area contributed by atoms with Gasteiger partial charge in [0.05, 0.1) is 23.9 Å². The number of aryl methyl sites for hydroxylation is 1. The second kappa shape index (κ2) is 12.3. The molecular weight excluding hydrogens is 387 g/mol. The molecule has 0 unspecified atom stereocenters. The number of aliphatic imine (C=N–C) groups is 1. The van der Waals surface area contributed by atoms with Gasteiger partial charge in [0.1, 0.15) is 0 Å². The van der Waals surface area contributed by atoms with Crippen molar-refractivity contribution in [2.45, 2.75) is 33.7 Å². The van der Waals surface area contributed by atoms with Crippen LogP contribution in [-0.4, -0.2) is 37.2 Å². The summed E-state index contributed by atoms with van der Waals surface area (Å²) in [6, 6.07) is 0. The molecule has 0 aliphatic carbocycles. The summed E-state index contributed by atoms with van der Waals surface area (Å²) in [6.07, 6.45) is 0.987. The molecule has 1 heterocycles. The molecule has 5 nitrogen and oxygen atoms in total. The Morgan fingerprint density at radius 1 is 1.35 bits per heavy atom. The number of guanidine groups is 1. The molecule has 1 aromatic rings. The smallest absolute Gasteiger partial charge is 0.191 e. The first-order valence-electron chi connectivity index (χ1n) is 6.83. The van der Waals surface area contributed by atoms with E-state index in [0.717, 1.165) is 37.8 Å². The Labute approximate surface area is 142 Å². The highest BCUT2D eigenvalue weighted by Crippen LogP contribution is 2.10. The average molecular weight is 412 g/mol. The lowest BCUT2D eigenvalue weighted by molar-refractivity contribution is 0.152. The fraction of sp³-hybridized carbons (Fsp3) is 0.692. The van der Waals surface area contributed by atoms with Crippen molar-refractivity contribution in [3.8, 4) is 0 Å². The van der Waals surface area contributed by atoms with Crippen LogP contribution in [0, 0.1) is 0 Å². The monoisotopic (exact) mass is 412 g/mol. The summed E-state index contributed by atoms with van der Waals surface area (Å²) in [5.74, 6) is 0.813. The van der Waals surface area contributed by atoms with Gasteiger partial charge in [0.2, 0.25) is 0 Å². The van der Waals surface area contributed by atoms with E-state index in [4.69, 9.17) is 4.74 Å². The molecule has 0 spiro atoms. The molecule has 1 aromatic heterocycles. The summed E-state index contributed by atoms with van der Waals surface area (Å²) in [5, 5.41) is 9.69. The van der Waals surface area contributed by atoms with E-state index in [9.17, 15) is 0 Å². The minimum absolute atomic E-state index is 0. The van der Waals surface area contributed by atoms with Gasteiger partial charge in [0, 0.05) is 25.1 Å². The molecular formula is C13H25IN4OS. The van der Waals surface area contributed by atoms with Crippen molar-refractivity contribution in [1.82, 2.24) is 15.6 Å². The van der Waals surface area contributed by atoms with Gasteiger partial charge in [-0.1, -0.05) is 6.92 Å². The molecule has 0 amide bonds. The van der Waals surface area contributed by atoms with Crippen LogP contribution in [0.25, 0.3) is 0 Å². The standard InChI is InChI=1S/C13H24N4OS.HI/c1-4-12-17-11(10-19-12)9-16-13(14-5-2)15-7-8-18-6-3;/h10H,4-9H2,1-3H3,(H2,14,15,16);1H. The molecule has 20 heavy (non-hydrogen) atoms. The first-order valence-corrected chi connectivity index (χ1v) is 7.71. The van der Waals surface area contributed by atoms with E-state index in [0.29, 0.717) is 13.2 Å². The highest BCUT2D eigenvalue weighted by atomic mass is 127. The van der Waals surface area contributed by atoms with Gasteiger partial charge in [-0.25, -0.2) is 9.98 Å². The van der Waals surface area contributed by atoms with Crippen LogP contribution in [0.3, 0.4) is 0 Å². The van der Waals surface area contributed by atoms with Crippen LogP contribution in [0.15, 0.2) is 10.4 Å². The number of hydrogen-bond donors (Lipinski definition) is 2. The Hall–Kier alpha value is -0.410. The molecule has 7 heteroatoms. The van der Waals surface area contributed by atoms with E-state index in [1.165, 1.54) is 5.01 Å². The van der Waals surface area contributed by atoms with Crippen LogP contribution < -0.4 is 10.6 Å². The highest BCUT2D eigenvalue weighted by Gasteiger charge is 2.01. The van der Waals surface area contributed by atoms with Crippen molar-refractivity contribution in [3.05, 3.63) is 16.1 Å². The summed E-state index contributed by atoms with van der Waals surface area (Å²) < 4.78 is 5.29. The molecule has 0 bridgehead atoms. The molecule has 0 saturated heterocycles. The number of rotatable bonds is 8. The zero-order valence-electron chi connectivity index (χ0n) is 12.4. The number of aromatic nitrogens is 1. The van der Waals surface area contributed by atoms with Crippen LogP contribution in [0.4, 0.5) is 0 Å². The van der Waals surface area contributed by atoms with Crippen molar-refractivity contribution in [2.24, 2.45) is 4.99 Å². The number of nitrogens with one attached hydrogen (secondary N) is 2. The zero-order chi connectivity index (χ0) is 13.9. The summed E-state index contributed by atoms with van der Waals surface area (Å²) in [7, 11) is 0. The highest BCUT2D eigenvalue weighted by molar-refractivity contribution is 14.0. The Balaban J connectivity index is 0.00000361. The predicted molar refractivity (Wildman–Crippen MR) is 96.2 cm³/mol. The van der Waals surface area contributed by atoms with Crippen LogP contribution in [-0.2, 0) is 17.7 Å². The van der Waals surface area contributed by atoms with Crippen LogP contribution in [0.2, 0.25) is 0 Å². The number of halogens is 1. The lowest BCUT2D eigenvalue weighted by atomic mass is 10.5. The first-order chi connectivity index (χ1) is 9.30. The number of nitrogens with zero attached hydrogens (tertiary/aromatic N) is 2. The quantitative estimate of drug-likeness (QED) is 0.298. The van der Waals surface area contributed by atoms with Gasteiger partial charge >= 0.3 is 0 Å². The topological polar surface area (TPSA) is 58.5 Å². The predicted octanol–water partition coefficient (Wildman–Crippen LogP) is 2.42. The average Bonchev–Trinajstić information content (AvgIpc) is 2.88. The van der Waals surface area contributed by atoms with E-state index in [1.54, 1.807) is 11.3 Å². The maximum absolute atomic E-state index is 5.29. The van der Waals surface area contributed by atoms with Crippen LogP contribution >= 0.6 is 35.3 Å². The lowest BCUT2D eigenvalue weighted by Crippen LogP contribution is -2.39. The Bertz CT molecular complexity index is 384. The normalized spacial score (nSPS) is 11.1. The largest absolute Gasteiger partial charge is 0.380 e. The molecule has 0 saturated carbocycles. The number of hydrogen-bond acceptors (Lipinski definition) is 4. The van der Waals surface area contributed by atoms with E-state index >= 15 is 0 Å². The summed E-state index contributed by atoms with van der Waals surface area (Å²) in [5.41, 5.74) is 1.03. The maximum atomic E-state index is 5.29. The first kappa shape index (κ1) is 19.6. The molecule has 0 fully saturated rings. The molecule has 0 aliphatic rings. The maximum Gasteiger partial charge on any atom is 0.191 e. The summed E-state index contributed by atoms with van der Waals surface area (Å²) in [4.78, 5) is 9.01. The zero-order valence-corrected chi connectivity index (χ0v) is 15.6. The van der Waals surface area contributed by atoms with Gasteiger partial charge in [0.25, 0.3) is 0 Å². The third-order valence-corrected chi connectivity index (χ3v) is 3.43. The molecule has 0 atom stereocenters. The SMILES string of the molecule is CCNC(=NCc1csc(CC)n1)NCCOCC.I. The molecule has 2 N–H and O–H groups in total. The van der Waals surface area contributed by atoms with Crippen molar-refractivity contribution < 1.29 is 4.74 Å². The Morgan fingerprint density at radius 3 is 2.75 bits per heavy atom. The molecule has 1 rings (SSSR count). The van der Waals surface area contributed by atoms with Crippen molar-refractivity contribution >= 4 is 41.3 Å². The fourth-order valence-electron chi connectivity index (χ4n) is 1.47. The minimum Gasteiger partial charge on any atom is -0.380 e. The Kier molecular flexibility index (Phi) is 12.1. The van der Waals surface area contributed by atoms with Crippen LogP contribution in [0.1, 0.15) is 31.5 Å². The van der Waals surface area contributed by atoms with Crippen molar-refractivity contribution in [2.75, 3.05) is 26.3 Å². The third kappa shape index (κ3) is 8.01. The van der Waals surface area contributed by atoms with Gasteiger partial charge in [-0.05, 0) is 20.3 Å². The third-order valence-electron chi connectivity index (χ3n) is 2.39. The summed E-state index contributed by atoms with van der Waals surface area (Å²) in [6.45, 7) is 9.82. The molecule has 0 radical (unpaired) electrons. The van der Waals surface area contributed by atoms with Gasteiger partial charge in [-0.3, -0.25) is 0 Å². The summed E-state index contributed by atoms with van der Waals surface area (Å²) >= 11 is 1.70. The van der Waals surface area contributed by atoms with Gasteiger partial charge in [-0.2, -0.15) is 0 Å². The Morgan fingerprint density at radius 2 is 2.15 bits per heavy atom. The van der Waals surface area contributed by atoms with Gasteiger partial charge in [0.15, 0.2) is 5.96 Å². The van der Waals surface area contributed by atoms with Gasteiger partial charge < -0.3 is 15.4 Å². The van der Waals surface area contributed by atoms with E-state index < -0.39 is 0 Å². The van der Waals surface area contributed by atoms with Gasteiger partial charge in [-0.15, -0.1) is 35.3 Å². The second-order valence-electron chi connectivity index (χ2n) is 3.90. The number of ether oxygens (including phenoxy) is 1. The number of thiazole rings is 1. The molecule has 0 aromatic carbocycles. The fourth-order valence-corrected chi connectivity index (χ4v) is 2.21. The van der Waals surface area contributed by atoms with Crippen molar-refractivity contribution in [3.63, 3.8) is 0 Å². The second-order valence-corrected chi connectivity index (χ2v) is 4.85. The van der Waals surface area contributed by atoms with Crippen LogP contribution in [0.5, 0.6) is 0 Å². The molecule has 0 aliphatic heterocycles. The van der Waals surface area contributed by atoms with Crippen molar-refractivity contribution in [1.29, 1.82) is 0 Å². The van der Waals surface area contributed by atoms with E-state index in [-0.39, 0.29) is 24.0 Å². The lowest BCUT2D eigenvalue weighted by Gasteiger charge is -2.10. The minimum atomic E-state index is 0.